The zero-order valence-electron chi connectivity index (χ0n) is 9.58. The summed E-state index contributed by atoms with van der Waals surface area (Å²) in [5.74, 6) is -1.98. The van der Waals surface area contributed by atoms with Crippen molar-refractivity contribution in [1.29, 1.82) is 0 Å². The Hall–Kier alpha value is -1.56. The molecule has 98 valence electrons. The standard InChI is InChI=1S/C12H12F3NO2/c1-6-2-3-7-8(4-6)9(5-10(7)17)16-11(18)12(13,14)15/h2-4,9-10,17H,5H2,1H3,(H,16,18)/t9-,10+/m1/s1. The summed E-state index contributed by atoms with van der Waals surface area (Å²) in [6.07, 6.45) is -5.67. The van der Waals surface area contributed by atoms with Gasteiger partial charge in [-0.15, -0.1) is 0 Å². The van der Waals surface area contributed by atoms with Gasteiger partial charge in [-0.3, -0.25) is 4.79 Å². The van der Waals surface area contributed by atoms with E-state index < -0.39 is 24.2 Å². The van der Waals surface area contributed by atoms with E-state index in [1.807, 2.05) is 5.32 Å². The van der Waals surface area contributed by atoms with E-state index in [-0.39, 0.29) is 6.42 Å². The van der Waals surface area contributed by atoms with Gasteiger partial charge < -0.3 is 10.4 Å². The summed E-state index contributed by atoms with van der Waals surface area (Å²) in [6, 6.07) is 4.35. The number of carbonyl (C=O) groups excluding carboxylic acids is 1. The van der Waals surface area contributed by atoms with E-state index in [9.17, 15) is 23.1 Å². The van der Waals surface area contributed by atoms with Crippen LogP contribution in [0.15, 0.2) is 18.2 Å². The van der Waals surface area contributed by atoms with Crippen molar-refractivity contribution >= 4 is 5.91 Å². The number of aryl methyl sites for hydroxylation is 1. The van der Waals surface area contributed by atoms with Crippen molar-refractivity contribution in [3.63, 3.8) is 0 Å². The predicted octanol–water partition coefficient (Wildman–Crippen LogP) is 2.15. The largest absolute Gasteiger partial charge is 0.471 e. The third-order valence-electron chi connectivity index (χ3n) is 3.00. The molecule has 0 heterocycles. The molecule has 0 aromatic heterocycles. The molecule has 1 aromatic carbocycles. The SMILES string of the molecule is Cc1ccc2c(c1)[C@H](NC(=O)C(F)(F)F)C[C@@H]2O. The van der Waals surface area contributed by atoms with E-state index in [2.05, 4.69) is 0 Å². The molecule has 0 spiro atoms. The Bertz CT molecular complexity index is 485. The van der Waals surface area contributed by atoms with Crippen LogP contribution in [0.3, 0.4) is 0 Å². The smallest absolute Gasteiger partial charge is 0.388 e. The highest BCUT2D eigenvalue weighted by molar-refractivity contribution is 5.82. The van der Waals surface area contributed by atoms with E-state index in [4.69, 9.17) is 0 Å². The number of carbonyl (C=O) groups is 1. The molecule has 2 rings (SSSR count). The van der Waals surface area contributed by atoms with Crippen molar-refractivity contribution in [2.45, 2.75) is 31.7 Å². The molecule has 1 amide bonds. The Morgan fingerprint density at radius 2 is 2.06 bits per heavy atom. The van der Waals surface area contributed by atoms with Gasteiger partial charge in [-0.1, -0.05) is 23.8 Å². The number of aliphatic hydroxyl groups is 1. The van der Waals surface area contributed by atoms with Gasteiger partial charge in [0.1, 0.15) is 0 Å². The monoisotopic (exact) mass is 259 g/mol. The maximum atomic E-state index is 12.2. The fraction of sp³-hybridized carbons (Fsp3) is 0.417. The van der Waals surface area contributed by atoms with Gasteiger partial charge in [0.25, 0.3) is 0 Å². The number of halogens is 3. The van der Waals surface area contributed by atoms with Gasteiger partial charge in [-0.05, 0) is 18.1 Å². The van der Waals surface area contributed by atoms with E-state index in [1.165, 1.54) is 0 Å². The lowest BCUT2D eigenvalue weighted by atomic mass is 10.0. The Morgan fingerprint density at radius 1 is 1.39 bits per heavy atom. The number of fused-ring (bicyclic) bond motifs is 1. The van der Waals surface area contributed by atoms with Crippen LogP contribution in [0.2, 0.25) is 0 Å². The van der Waals surface area contributed by atoms with Crippen molar-refractivity contribution in [2.75, 3.05) is 0 Å². The first kappa shape index (κ1) is 12.9. The average Bonchev–Trinajstić information content (AvgIpc) is 2.54. The number of rotatable bonds is 1. The number of benzene rings is 1. The predicted molar refractivity (Wildman–Crippen MR) is 57.7 cm³/mol. The van der Waals surface area contributed by atoms with Gasteiger partial charge in [-0.2, -0.15) is 13.2 Å². The number of amides is 1. The average molecular weight is 259 g/mol. The maximum Gasteiger partial charge on any atom is 0.471 e. The summed E-state index contributed by atoms with van der Waals surface area (Å²) in [7, 11) is 0. The lowest BCUT2D eigenvalue weighted by molar-refractivity contribution is -0.174. The summed E-state index contributed by atoms with van der Waals surface area (Å²) in [4.78, 5) is 10.9. The van der Waals surface area contributed by atoms with Crippen LogP contribution in [0.1, 0.15) is 35.3 Å². The lowest BCUT2D eigenvalue weighted by Crippen LogP contribution is -2.38. The van der Waals surface area contributed by atoms with Gasteiger partial charge in [-0.25, -0.2) is 0 Å². The van der Waals surface area contributed by atoms with Crippen LogP contribution in [0.5, 0.6) is 0 Å². The molecule has 0 bridgehead atoms. The molecule has 0 aliphatic heterocycles. The Kier molecular flexibility index (Phi) is 3.06. The minimum absolute atomic E-state index is 0.0700. The lowest BCUT2D eigenvalue weighted by Gasteiger charge is -2.15. The molecule has 6 heteroatoms. The first-order valence-electron chi connectivity index (χ1n) is 5.45. The van der Waals surface area contributed by atoms with Crippen molar-refractivity contribution in [1.82, 2.24) is 5.32 Å². The molecule has 0 fully saturated rings. The van der Waals surface area contributed by atoms with Crippen molar-refractivity contribution in [3.8, 4) is 0 Å². The summed E-state index contributed by atoms with van der Waals surface area (Å²) in [6.45, 7) is 1.80. The van der Waals surface area contributed by atoms with E-state index >= 15 is 0 Å². The number of aliphatic hydroxyl groups excluding tert-OH is 1. The molecule has 0 saturated carbocycles. The Balaban J connectivity index is 2.24. The summed E-state index contributed by atoms with van der Waals surface area (Å²) < 4.78 is 36.5. The van der Waals surface area contributed by atoms with Crippen molar-refractivity contribution < 1.29 is 23.1 Å². The third-order valence-corrected chi connectivity index (χ3v) is 3.00. The van der Waals surface area contributed by atoms with Crippen LogP contribution in [-0.4, -0.2) is 17.2 Å². The van der Waals surface area contributed by atoms with Gasteiger partial charge in [0, 0.05) is 6.42 Å². The van der Waals surface area contributed by atoms with Crippen LogP contribution in [-0.2, 0) is 4.79 Å². The first-order chi connectivity index (χ1) is 8.29. The fourth-order valence-corrected chi connectivity index (χ4v) is 2.15. The van der Waals surface area contributed by atoms with E-state index in [0.717, 1.165) is 5.56 Å². The Morgan fingerprint density at radius 3 is 2.67 bits per heavy atom. The maximum absolute atomic E-state index is 12.2. The van der Waals surface area contributed by atoms with Gasteiger partial charge in [0.15, 0.2) is 0 Å². The zero-order chi connectivity index (χ0) is 13.5. The van der Waals surface area contributed by atoms with Gasteiger partial charge in [0.05, 0.1) is 12.1 Å². The van der Waals surface area contributed by atoms with Crippen molar-refractivity contribution in [3.05, 3.63) is 34.9 Å². The highest BCUT2D eigenvalue weighted by atomic mass is 19.4. The molecule has 2 N–H and O–H groups in total. The minimum Gasteiger partial charge on any atom is -0.388 e. The normalized spacial score (nSPS) is 22.7. The molecule has 1 aliphatic carbocycles. The molecule has 0 saturated heterocycles. The molecule has 3 nitrogen and oxygen atoms in total. The minimum atomic E-state index is -4.91. The number of hydrogen-bond acceptors (Lipinski definition) is 2. The third kappa shape index (κ3) is 2.33. The van der Waals surface area contributed by atoms with Crippen LogP contribution >= 0.6 is 0 Å². The zero-order valence-corrected chi connectivity index (χ0v) is 9.58. The number of nitrogens with one attached hydrogen (secondary N) is 1. The highest BCUT2D eigenvalue weighted by Crippen LogP contribution is 2.39. The van der Waals surface area contributed by atoms with E-state index in [1.54, 1.807) is 25.1 Å². The summed E-state index contributed by atoms with van der Waals surface area (Å²) in [5, 5.41) is 11.6. The molecule has 1 aromatic rings. The second kappa shape index (κ2) is 4.28. The highest BCUT2D eigenvalue weighted by Gasteiger charge is 2.41. The van der Waals surface area contributed by atoms with Crippen LogP contribution in [0.25, 0.3) is 0 Å². The van der Waals surface area contributed by atoms with Crippen LogP contribution < -0.4 is 5.32 Å². The molecular weight excluding hydrogens is 247 g/mol. The molecule has 1 aliphatic rings. The van der Waals surface area contributed by atoms with Crippen molar-refractivity contribution in [2.24, 2.45) is 0 Å². The molecule has 0 radical (unpaired) electrons. The number of alkyl halides is 3. The fourth-order valence-electron chi connectivity index (χ4n) is 2.15. The summed E-state index contributed by atoms with van der Waals surface area (Å²) in [5.41, 5.74) is 2.00. The topological polar surface area (TPSA) is 49.3 Å². The molecule has 18 heavy (non-hydrogen) atoms. The molecule has 0 unspecified atom stereocenters. The Labute approximate surface area is 102 Å². The number of hydrogen-bond donors (Lipinski definition) is 2. The second-order valence-electron chi connectivity index (χ2n) is 4.41. The van der Waals surface area contributed by atoms with Gasteiger partial charge >= 0.3 is 12.1 Å². The van der Waals surface area contributed by atoms with Gasteiger partial charge in [0.2, 0.25) is 0 Å². The van der Waals surface area contributed by atoms with Crippen LogP contribution in [0.4, 0.5) is 13.2 Å². The molecular formula is C12H12F3NO2. The quantitative estimate of drug-likeness (QED) is 0.812. The molecule has 2 atom stereocenters. The second-order valence-corrected chi connectivity index (χ2v) is 4.41. The van der Waals surface area contributed by atoms with E-state index in [0.29, 0.717) is 11.1 Å². The van der Waals surface area contributed by atoms with Crippen LogP contribution in [0, 0.1) is 6.92 Å². The summed E-state index contributed by atoms with van der Waals surface area (Å²) >= 11 is 0. The first-order valence-corrected chi connectivity index (χ1v) is 5.45.